The number of nitrogens with one attached hydrogen (secondary N) is 2. The van der Waals surface area contributed by atoms with Gasteiger partial charge >= 0.3 is 6.18 Å². The van der Waals surface area contributed by atoms with Crippen molar-refractivity contribution in [3.63, 3.8) is 0 Å². The van der Waals surface area contributed by atoms with Crippen LogP contribution in [0, 0.1) is 0 Å². The van der Waals surface area contributed by atoms with Crippen molar-refractivity contribution in [2.75, 3.05) is 25.6 Å². The Balaban J connectivity index is 1.82. The summed E-state index contributed by atoms with van der Waals surface area (Å²) >= 11 is 1.29. The van der Waals surface area contributed by atoms with Crippen molar-refractivity contribution >= 4 is 28.2 Å². The van der Waals surface area contributed by atoms with Gasteiger partial charge in [-0.25, -0.2) is 0 Å². The van der Waals surface area contributed by atoms with E-state index in [2.05, 4.69) is 10.6 Å². The first-order valence-electron chi connectivity index (χ1n) is 9.70. The predicted molar refractivity (Wildman–Crippen MR) is 110 cm³/mol. The lowest BCUT2D eigenvalue weighted by Crippen LogP contribution is -2.30. The molecule has 1 aliphatic carbocycles. The second kappa shape index (κ2) is 9.65. The highest BCUT2D eigenvalue weighted by molar-refractivity contribution is 7.17. The summed E-state index contributed by atoms with van der Waals surface area (Å²) in [6.45, 7) is 0.0290. The van der Waals surface area contributed by atoms with Crippen molar-refractivity contribution in [1.82, 2.24) is 9.88 Å². The monoisotopic (exact) mass is 457 g/mol. The highest BCUT2D eigenvalue weighted by Crippen LogP contribution is 2.38. The number of thiophene rings is 1. The predicted octanol–water partition coefficient (Wildman–Crippen LogP) is 2.82. The van der Waals surface area contributed by atoms with Crippen LogP contribution in [-0.2, 0) is 35.1 Å². The molecule has 0 aliphatic heterocycles. The normalized spacial score (nSPS) is 13.5. The maximum Gasteiger partial charge on any atom is 0.417 e. The first-order valence-corrected chi connectivity index (χ1v) is 10.5. The summed E-state index contributed by atoms with van der Waals surface area (Å²) in [5.74, 6) is -1.03. The molecule has 2 amide bonds. The summed E-state index contributed by atoms with van der Waals surface area (Å²) in [5, 5.41) is 5.70. The number of ether oxygens (including phenoxy) is 1. The summed E-state index contributed by atoms with van der Waals surface area (Å²) in [6, 6.07) is 1.45. The van der Waals surface area contributed by atoms with Crippen LogP contribution in [0.4, 0.5) is 18.2 Å². The fourth-order valence-corrected chi connectivity index (χ4v) is 4.70. The zero-order valence-corrected chi connectivity index (χ0v) is 17.6. The molecular weight excluding hydrogens is 435 g/mol. The topological polar surface area (TPSA) is 89.4 Å². The lowest BCUT2D eigenvalue weighted by atomic mass is 9.95. The van der Waals surface area contributed by atoms with Crippen LogP contribution in [0.3, 0.4) is 0 Å². The number of carbonyl (C=O) groups is 2. The maximum atomic E-state index is 12.9. The third-order valence-corrected chi connectivity index (χ3v) is 6.08. The van der Waals surface area contributed by atoms with E-state index in [4.69, 9.17) is 4.74 Å². The van der Waals surface area contributed by atoms with Gasteiger partial charge in [0.25, 0.3) is 11.5 Å². The molecule has 2 aromatic rings. The molecule has 2 N–H and O–H groups in total. The highest BCUT2D eigenvalue weighted by Gasteiger charge is 2.31. The molecule has 0 aromatic carbocycles. The second-order valence-electron chi connectivity index (χ2n) is 7.09. The summed E-state index contributed by atoms with van der Waals surface area (Å²) in [5.41, 5.74) is -0.492. The van der Waals surface area contributed by atoms with Crippen LogP contribution in [0.25, 0.3) is 0 Å². The van der Waals surface area contributed by atoms with Crippen LogP contribution in [0.5, 0.6) is 0 Å². The van der Waals surface area contributed by atoms with Crippen molar-refractivity contribution in [1.29, 1.82) is 0 Å². The van der Waals surface area contributed by atoms with E-state index in [9.17, 15) is 27.6 Å². The minimum atomic E-state index is -4.63. The molecule has 3 rings (SSSR count). The van der Waals surface area contributed by atoms with Crippen molar-refractivity contribution in [2.45, 2.75) is 38.4 Å². The fraction of sp³-hybridized carbons (Fsp3) is 0.450. The number of nitrogens with zero attached hydrogens (tertiary/aromatic N) is 1. The van der Waals surface area contributed by atoms with Crippen LogP contribution < -0.4 is 16.2 Å². The van der Waals surface area contributed by atoms with Crippen molar-refractivity contribution in [3.8, 4) is 0 Å². The van der Waals surface area contributed by atoms with Gasteiger partial charge in [0, 0.05) is 30.8 Å². The van der Waals surface area contributed by atoms with Gasteiger partial charge in [0.2, 0.25) is 5.91 Å². The summed E-state index contributed by atoms with van der Waals surface area (Å²) < 4.78 is 44.4. The molecule has 0 bridgehead atoms. The quantitative estimate of drug-likeness (QED) is 0.626. The van der Waals surface area contributed by atoms with Gasteiger partial charge in [-0.2, -0.15) is 13.2 Å². The molecule has 0 saturated carbocycles. The third-order valence-electron chi connectivity index (χ3n) is 4.87. The van der Waals surface area contributed by atoms with Crippen LogP contribution in [0.1, 0.15) is 39.2 Å². The smallest absolute Gasteiger partial charge is 0.383 e. The Bertz CT molecular complexity index is 1030. The largest absolute Gasteiger partial charge is 0.417 e. The van der Waals surface area contributed by atoms with E-state index in [1.165, 1.54) is 18.4 Å². The van der Waals surface area contributed by atoms with Gasteiger partial charge in [0.05, 0.1) is 17.7 Å². The third kappa shape index (κ3) is 5.53. The molecule has 2 heterocycles. The molecule has 168 valence electrons. The zero-order valence-electron chi connectivity index (χ0n) is 16.8. The van der Waals surface area contributed by atoms with E-state index in [0.717, 1.165) is 35.8 Å². The van der Waals surface area contributed by atoms with E-state index in [1.807, 2.05) is 0 Å². The van der Waals surface area contributed by atoms with Gasteiger partial charge < -0.3 is 19.9 Å². The Labute approximate surface area is 180 Å². The summed E-state index contributed by atoms with van der Waals surface area (Å²) in [7, 11) is 1.51. The molecule has 2 aromatic heterocycles. The molecule has 0 saturated heterocycles. The zero-order chi connectivity index (χ0) is 22.6. The highest BCUT2D eigenvalue weighted by atomic mass is 32.1. The number of amides is 2. The van der Waals surface area contributed by atoms with Crippen molar-refractivity contribution in [3.05, 3.63) is 50.3 Å². The van der Waals surface area contributed by atoms with Crippen molar-refractivity contribution in [2.24, 2.45) is 0 Å². The van der Waals surface area contributed by atoms with Gasteiger partial charge in [0.15, 0.2) is 0 Å². The number of methoxy groups -OCH3 is 1. The lowest BCUT2D eigenvalue weighted by molar-refractivity contribution is -0.138. The number of rotatable bonds is 7. The first kappa shape index (κ1) is 23.0. The minimum Gasteiger partial charge on any atom is -0.383 e. The Morgan fingerprint density at radius 3 is 2.68 bits per heavy atom. The van der Waals surface area contributed by atoms with Crippen LogP contribution in [0.2, 0.25) is 0 Å². The molecular formula is C20H22F3N3O4S. The Kier molecular flexibility index (Phi) is 7.16. The molecule has 31 heavy (non-hydrogen) atoms. The molecule has 0 atom stereocenters. The second-order valence-corrected chi connectivity index (χ2v) is 8.20. The van der Waals surface area contributed by atoms with E-state index < -0.39 is 29.8 Å². The Morgan fingerprint density at radius 1 is 1.23 bits per heavy atom. The van der Waals surface area contributed by atoms with Crippen LogP contribution >= 0.6 is 11.3 Å². The average Bonchev–Trinajstić information content (AvgIpc) is 3.06. The number of aryl methyl sites for hydroxylation is 1. The number of anilines is 1. The Morgan fingerprint density at radius 2 is 1.97 bits per heavy atom. The minimum absolute atomic E-state index is 0.299. The van der Waals surface area contributed by atoms with Gasteiger partial charge in [-0.1, -0.05) is 0 Å². The average molecular weight is 457 g/mol. The van der Waals surface area contributed by atoms with Crippen LogP contribution in [-0.4, -0.2) is 36.6 Å². The van der Waals surface area contributed by atoms with E-state index in [-0.39, 0.29) is 5.91 Å². The maximum absolute atomic E-state index is 12.9. The van der Waals surface area contributed by atoms with Gasteiger partial charge in [-0.05, 0) is 37.3 Å². The molecule has 0 radical (unpaired) electrons. The number of halogens is 3. The number of hydrogen-bond acceptors (Lipinski definition) is 5. The molecule has 11 heteroatoms. The number of alkyl halides is 3. The molecule has 0 fully saturated rings. The van der Waals surface area contributed by atoms with E-state index >= 15 is 0 Å². The summed E-state index contributed by atoms with van der Waals surface area (Å²) in [4.78, 5) is 38.2. The SMILES string of the molecule is COCCNC(=O)c1c(NC(=O)Cn2cc(C(F)(F)F)ccc2=O)sc2c1CCCC2. The molecule has 0 spiro atoms. The molecule has 7 nitrogen and oxygen atoms in total. The van der Waals surface area contributed by atoms with Crippen molar-refractivity contribution < 1.29 is 27.5 Å². The molecule has 1 aliphatic rings. The number of carbonyl (C=O) groups excluding carboxylic acids is 2. The molecule has 0 unspecified atom stereocenters. The van der Waals surface area contributed by atoms with Gasteiger partial charge in [-0.3, -0.25) is 14.4 Å². The standard InChI is InChI=1S/C20H22F3N3O4S/c1-30-9-8-24-18(29)17-13-4-2-3-5-14(13)31-19(17)25-15(27)11-26-10-12(20(21,22)23)6-7-16(26)28/h6-7,10H,2-5,8-9,11H2,1H3,(H,24,29)(H,25,27). The van der Waals surface area contributed by atoms with E-state index in [0.29, 0.717) is 47.0 Å². The number of hydrogen-bond donors (Lipinski definition) is 2. The number of pyridine rings is 1. The fourth-order valence-electron chi connectivity index (χ4n) is 3.39. The number of aromatic nitrogens is 1. The van der Waals surface area contributed by atoms with Gasteiger partial charge in [-0.15, -0.1) is 11.3 Å². The van der Waals surface area contributed by atoms with E-state index in [1.54, 1.807) is 0 Å². The number of fused-ring (bicyclic) bond motifs is 1. The summed E-state index contributed by atoms with van der Waals surface area (Å²) in [6.07, 6.45) is -0.616. The Hall–Kier alpha value is -2.66. The van der Waals surface area contributed by atoms with Crippen LogP contribution in [0.15, 0.2) is 23.1 Å². The first-order chi connectivity index (χ1) is 14.7. The lowest BCUT2D eigenvalue weighted by Gasteiger charge is -2.13. The van der Waals surface area contributed by atoms with Gasteiger partial charge in [0.1, 0.15) is 11.5 Å².